The topological polar surface area (TPSA) is 79.4 Å². The number of nitro groups is 1. The lowest BCUT2D eigenvalue weighted by molar-refractivity contribution is -0.386. The molecule has 1 aliphatic rings. The van der Waals surface area contributed by atoms with Gasteiger partial charge in [0.15, 0.2) is 0 Å². The van der Waals surface area contributed by atoms with Crippen molar-refractivity contribution in [1.82, 2.24) is 9.78 Å². The monoisotopic (exact) mass is 213 g/mol. The Morgan fingerprint density at radius 2 is 2.33 bits per heavy atom. The lowest BCUT2D eigenvalue weighted by atomic mass is 10.3. The molecule has 0 N–H and O–H groups in total. The number of aromatic nitrogens is 2. The number of ether oxygens (including phenoxy) is 2. The first-order chi connectivity index (χ1) is 7.09. The van der Waals surface area contributed by atoms with E-state index in [9.17, 15) is 10.1 Å². The number of nitrogens with zero attached hydrogens (tertiary/aromatic N) is 3. The maximum absolute atomic E-state index is 10.8. The van der Waals surface area contributed by atoms with Crippen LogP contribution in [0.3, 0.4) is 0 Å². The molecule has 1 saturated heterocycles. The minimum absolute atomic E-state index is 0.0654. The van der Waals surface area contributed by atoms with E-state index in [2.05, 4.69) is 5.10 Å². The summed E-state index contributed by atoms with van der Waals surface area (Å²) < 4.78 is 11.7. The highest BCUT2D eigenvalue weighted by Gasteiger charge is 2.30. The summed E-state index contributed by atoms with van der Waals surface area (Å²) in [6.45, 7) is 2.53. The van der Waals surface area contributed by atoms with E-state index in [4.69, 9.17) is 9.47 Å². The van der Waals surface area contributed by atoms with Crippen LogP contribution < -0.4 is 4.74 Å². The molecule has 0 aromatic carbocycles. The van der Waals surface area contributed by atoms with Crippen LogP contribution in [0.2, 0.25) is 0 Å². The molecule has 82 valence electrons. The number of hydrogen-bond donors (Lipinski definition) is 0. The third-order valence-corrected chi connectivity index (χ3v) is 2.21. The van der Waals surface area contributed by atoms with Crippen molar-refractivity contribution < 1.29 is 14.4 Å². The zero-order valence-corrected chi connectivity index (χ0v) is 8.47. The van der Waals surface area contributed by atoms with Crippen LogP contribution in [0.15, 0.2) is 0 Å². The highest BCUT2D eigenvalue weighted by atomic mass is 16.6. The molecule has 0 atom stereocenters. The lowest BCUT2D eigenvalue weighted by Gasteiger charge is -2.25. The summed E-state index contributed by atoms with van der Waals surface area (Å²) in [4.78, 5) is 10.3. The van der Waals surface area contributed by atoms with Gasteiger partial charge in [0.25, 0.3) is 5.88 Å². The molecule has 0 radical (unpaired) electrons. The molecule has 1 fully saturated rings. The van der Waals surface area contributed by atoms with Gasteiger partial charge in [-0.25, -0.2) is 4.68 Å². The Bertz CT molecular complexity index is 397. The van der Waals surface area contributed by atoms with Crippen molar-refractivity contribution in [3.8, 4) is 5.88 Å². The molecule has 7 nitrogen and oxygen atoms in total. The SMILES string of the molecule is Cc1nn(C)c(OC2COC2)c1[N+](=O)[O-]. The molecule has 0 bridgehead atoms. The van der Waals surface area contributed by atoms with Crippen molar-refractivity contribution in [3.63, 3.8) is 0 Å². The fraction of sp³-hybridized carbons (Fsp3) is 0.625. The maximum Gasteiger partial charge on any atom is 0.353 e. The Kier molecular flexibility index (Phi) is 2.31. The zero-order valence-electron chi connectivity index (χ0n) is 8.47. The molecule has 0 amide bonds. The van der Waals surface area contributed by atoms with Gasteiger partial charge in [-0.3, -0.25) is 10.1 Å². The van der Waals surface area contributed by atoms with E-state index in [1.807, 2.05) is 0 Å². The molecular formula is C8H11N3O4. The van der Waals surface area contributed by atoms with E-state index in [0.29, 0.717) is 18.9 Å². The van der Waals surface area contributed by atoms with Gasteiger partial charge in [-0.15, -0.1) is 0 Å². The summed E-state index contributed by atoms with van der Waals surface area (Å²) in [6.07, 6.45) is -0.0986. The average Bonchev–Trinajstić information content (AvgIpc) is 2.33. The molecule has 1 aromatic rings. The third kappa shape index (κ3) is 1.65. The standard InChI is InChI=1S/C8H11N3O4/c1-5-7(11(12)13)8(10(2)9-5)15-6-3-14-4-6/h6H,3-4H2,1-2H3. The minimum atomic E-state index is -0.475. The molecule has 0 unspecified atom stereocenters. The zero-order chi connectivity index (χ0) is 11.0. The smallest absolute Gasteiger partial charge is 0.353 e. The summed E-state index contributed by atoms with van der Waals surface area (Å²) in [5.41, 5.74) is 0.294. The molecule has 0 spiro atoms. The van der Waals surface area contributed by atoms with Gasteiger partial charge >= 0.3 is 5.69 Å². The fourth-order valence-electron chi connectivity index (χ4n) is 1.41. The van der Waals surface area contributed by atoms with Crippen LogP contribution in [-0.2, 0) is 11.8 Å². The van der Waals surface area contributed by atoms with E-state index in [-0.39, 0.29) is 17.7 Å². The first kappa shape index (κ1) is 9.91. The van der Waals surface area contributed by atoms with Crippen LogP contribution in [-0.4, -0.2) is 34.0 Å². The molecular weight excluding hydrogens is 202 g/mol. The van der Waals surface area contributed by atoms with Gasteiger partial charge in [0.2, 0.25) is 0 Å². The van der Waals surface area contributed by atoms with E-state index in [1.54, 1.807) is 14.0 Å². The summed E-state index contributed by atoms with van der Waals surface area (Å²) in [7, 11) is 1.62. The molecule has 15 heavy (non-hydrogen) atoms. The largest absolute Gasteiger partial charge is 0.465 e. The average molecular weight is 213 g/mol. The maximum atomic E-state index is 10.8. The van der Waals surface area contributed by atoms with Crippen LogP contribution >= 0.6 is 0 Å². The van der Waals surface area contributed by atoms with Crippen molar-refractivity contribution in [1.29, 1.82) is 0 Å². The number of hydrogen-bond acceptors (Lipinski definition) is 5. The minimum Gasteiger partial charge on any atom is -0.465 e. The van der Waals surface area contributed by atoms with Crippen LogP contribution in [0, 0.1) is 17.0 Å². The molecule has 0 aliphatic carbocycles. The first-order valence-electron chi connectivity index (χ1n) is 4.52. The van der Waals surface area contributed by atoms with Crippen LogP contribution in [0.1, 0.15) is 5.69 Å². The Labute approximate surface area is 85.7 Å². The first-order valence-corrected chi connectivity index (χ1v) is 4.52. The van der Waals surface area contributed by atoms with Crippen LogP contribution in [0.25, 0.3) is 0 Å². The van der Waals surface area contributed by atoms with Gasteiger partial charge in [0, 0.05) is 7.05 Å². The Morgan fingerprint density at radius 3 is 2.80 bits per heavy atom. The fourth-order valence-corrected chi connectivity index (χ4v) is 1.41. The van der Waals surface area contributed by atoms with Crippen LogP contribution in [0.5, 0.6) is 5.88 Å². The van der Waals surface area contributed by atoms with E-state index in [0.717, 1.165) is 0 Å². The van der Waals surface area contributed by atoms with Crippen molar-refractivity contribution in [2.45, 2.75) is 13.0 Å². The molecule has 0 saturated carbocycles. The predicted octanol–water partition coefficient (Wildman–Crippen LogP) is 0.414. The van der Waals surface area contributed by atoms with Crippen molar-refractivity contribution >= 4 is 5.69 Å². The molecule has 1 aromatic heterocycles. The predicted molar refractivity (Wildman–Crippen MR) is 49.8 cm³/mol. The summed E-state index contributed by atoms with van der Waals surface area (Å²) in [5, 5.41) is 14.7. The summed E-state index contributed by atoms with van der Waals surface area (Å²) in [5.74, 6) is 0.200. The van der Waals surface area contributed by atoms with Gasteiger partial charge in [0.1, 0.15) is 11.8 Å². The molecule has 2 rings (SSSR count). The number of rotatable bonds is 3. The number of aryl methyl sites for hydroxylation is 2. The van der Waals surface area contributed by atoms with E-state index in [1.165, 1.54) is 4.68 Å². The molecule has 7 heteroatoms. The Balaban J connectivity index is 2.30. The van der Waals surface area contributed by atoms with E-state index >= 15 is 0 Å². The van der Waals surface area contributed by atoms with Crippen molar-refractivity contribution in [3.05, 3.63) is 15.8 Å². The summed E-state index contributed by atoms with van der Waals surface area (Å²) >= 11 is 0. The van der Waals surface area contributed by atoms with Gasteiger partial charge < -0.3 is 9.47 Å². The summed E-state index contributed by atoms with van der Waals surface area (Å²) in [6, 6.07) is 0. The van der Waals surface area contributed by atoms with E-state index < -0.39 is 4.92 Å². The molecule has 1 aliphatic heterocycles. The van der Waals surface area contributed by atoms with Gasteiger partial charge in [-0.2, -0.15) is 5.10 Å². The molecule has 2 heterocycles. The highest BCUT2D eigenvalue weighted by Crippen LogP contribution is 2.31. The van der Waals surface area contributed by atoms with Crippen LogP contribution in [0.4, 0.5) is 5.69 Å². The van der Waals surface area contributed by atoms with Gasteiger partial charge in [-0.1, -0.05) is 0 Å². The Morgan fingerprint density at radius 1 is 1.67 bits per heavy atom. The second-order valence-corrected chi connectivity index (χ2v) is 3.40. The van der Waals surface area contributed by atoms with Crippen molar-refractivity contribution in [2.24, 2.45) is 7.05 Å². The lowest BCUT2D eigenvalue weighted by Crippen LogP contribution is -2.39. The van der Waals surface area contributed by atoms with Crippen molar-refractivity contribution in [2.75, 3.05) is 13.2 Å². The highest BCUT2D eigenvalue weighted by molar-refractivity contribution is 5.45. The Hall–Kier alpha value is -1.63. The van der Waals surface area contributed by atoms with Gasteiger partial charge in [0.05, 0.1) is 18.1 Å². The normalized spacial score (nSPS) is 16.1. The quantitative estimate of drug-likeness (QED) is 0.536. The van der Waals surface area contributed by atoms with Gasteiger partial charge in [-0.05, 0) is 6.92 Å². The third-order valence-electron chi connectivity index (χ3n) is 2.21. The second-order valence-electron chi connectivity index (χ2n) is 3.40. The second kappa shape index (κ2) is 3.50.